The molecular weight excluding hydrogens is 400 g/mol. The fourth-order valence-corrected chi connectivity index (χ4v) is 3.99. The zero-order chi connectivity index (χ0) is 21.4. The van der Waals surface area contributed by atoms with E-state index in [1.165, 1.54) is 0 Å². The van der Waals surface area contributed by atoms with Gasteiger partial charge >= 0.3 is 0 Å². The highest BCUT2D eigenvalue weighted by atomic mass is 32.2. The Morgan fingerprint density at radius 2 is 1.40 bits per heavy atom. The van der Waals surface area contributed by atoms with Crippen molar-refractivity contribution < 1.29 is 12.8 Å². The molecule has 30 heavy (non-hydrogen) atoms. The fourth-order valence-electron chi connectivity index (χ4n) is 2.79. The monoisotopic (exact) mass is 420 g/mol. The van der Waals surface area contributed by atoms with Crippen LogP contribution in [0.3, 0.4) is 0 Å². The summed E-state index contributed by atoms with van der Waals surface area (Å²) >= 11 is 0. The first kappa shape index (κ1) is 19.9. The van der Waals surface area contributed by atoms with Crippen LogP contribution in [0.25, 0.3) is 34.3 Å². The molecule has 2 aromatic heterocycles. The highest BCUT2D eigenvalue weighted by Crippen LogP contribution is 2.28. The number of rotatable bonds is 4. The van der Waals surface area contributed by atoms with Crippen LogP contribution >= 0.6 is 0 Å². The van der Waals surface area contributed by atoms with Gasteiger partial charge in [0.1, 0.15) is 5.69 Å². The Morgan fingerprint density at radius 1 is 0.767 bits per heavy atom. The Kier molecular flexibility index (Phi) is 4.95. The van der Waals surface area contributed by atoms with E-state index in [0.717, 1.165) is 11.1 Å². The lowest BCUT2D eigenvalue weighted by molar-refractivity contribution is 0.560. The van der Waals surface area contributed by atoms with Gasteiger partial charge in [-0.25, -0.2) is 13.4 Å². The van der Waals surface area contributed by atoms with Gasteiger partial charge in [-0.3, -0.25) is 4.98 Å². The molecule has 0 amide bonds. The van der Waals surface area contributed by atoms with Crippen LogP contribution < -0.4 is 0 Å². The van der Waals surface area contributed by atoms with Crippen molar-refractivity contribution in [2.24, 2.45) is 0 Å². The van der Waals surface area contributed by atoms with Crippen molar-refractivity contribution >= 4 is 9.84 Å². The third-order valence-corrected chi connectivity index (χ3v) is 7.07. The molecule has 2 heterocycles. The molecule has 0 aliphatic carbocycles. The molecule has 0 aliphatic rings. The molecule has 0 spiro atoms. The first-order chi connectivity index (χ1) is 14.3. The molecule has 7 nitrogen and oxygen atoms in total. The Bertz CT molecular complexity index is 1280. The number of aromatic nitrogens is 4. The van der Waals surface area contributed by atoms with Crippen LogP contribution in [-0.2, 0) is 9.84 Å². The van der Waals surface area contributed by atoms with Crippen LogP contribution in [0.1, 0.15) is 20.8 Å². The van der Waals surface area contributed by atoms with Gasteiger partial charge in [0.25, 0.3) is 5.89 Å². The van der Waals surface area contributed by atoms with Gasteiger partial charge in [0.15, 0.2) is 9.84 Å². The Hall–Kier alpha value is -3.39. The predicted molar refractivity (Wildman–Crippen MR) is 113 cm³/mol. The molecule has 0 bridgehead atoms. The second kappa shape index (κ2) is 7.46. The molecule has 0 aliphatic heterocycles. The van der Waals surface area contributed by atoms with Gasteiger partial charge in [-0.2, -0.15) is 0 Å². The minimum atomic E-state index is -3.42. The summed E-state index contributed by atoms with van der Waals surface area (Å²) in [6.07, 6.45) is 3.15. The third kappa shape index (κ3) is 3.73. The maximum absolute atomic E-state index is 12.6. The van der Waals surface area contributed by atoms with E-state index in [4.69, 9.17) is 4.42 Å². The molecule has 0 unspecified atom stereocenters. The lowest BCUT2D eigenvalue weighted by Crippen LogP contribution is -2.27. The van der Waals surface area contributed by atoms with Gasteiger partial charge in [-0.1, -0.05) is 30.3 Å². The Morgan fingerprint density at radius 3 is 2.07 bits per heavy atom. The standard InChI is InChI=1S/C22H20N4O3S/c1-22(2,3)30(27,28)17-11-9-15(10-12-17)18-13-23-14-19(24-18)21-26-25-20(29-21)16-7-5-4-6-8-16/h4-14H,1-3H3. The zero-order valence-corrected chi connectivity index (χ0v) is 17.6. The molecule has 8 heteroatoms. The van der Waals surface area contributed by atoms with Gasteiger partial charge in [0.2, 0.25) is 5.89 Å². The van der Waals surface area contributed by atoms with Crippen molar-refractivity contribution in [1.82, 2.24) is 20.2 Å². The van der Waals surface area contributed by atoms with Gasteiger partial charge in [0.05, 0.1) is 27.7 Å². The van der Waals surface area contributed by atoms with Crippen LogP contribution in [0.15, 0.2) is 76.3 Å². The number of benzene rings is 2. The van der Waals surface area contributed by atoms with Crippen molar-refractivity contribution in [2.75, 3.05) is 0 Å². The van der Waals surface area contributed by atoms with E-state index in [9.17, 15) is 8.42 Å². The van der Waals surface area contributed by atoms with E-state index in [-0.39, 0.29) is 10.8 Å². The van der Waals surface area contributed by atoms with Crippen LogP contribution in [-0.4, -0.2) is 33.3 Å². The van der Waals surface area contributed by atoms with Gasteiger partial charge in [-0.15, -0.1) is 10.2 Å². The maximum atomic E-state index is 12.6. The van der Waals surface area contributed by atoms with Gasteiger partial charge in [-0.05, 0) is 45.0 Å². The summed E-state index contributed by atoms with van der Waals surface area (Å²) in [7, 11) is -3.42. The minimum Gasteiger partial charge on any atom is -0.415 e. The first-order valence-electron chi connectivity index (χ1n) is 9.32. The molecule has 0 radical (unpaired) electrons. The number of nitrogens with zero attached hydrogens (tertiary/aromatic N) is 4. The molecule has 0 N–H and O–H groups in total. The zero-order valence-electron chi connectivity index (χ0n) is 16.8. The molecule has 152 valence electrons. The van der Waals surface area contributed by atoms with E-state index < -0.39 is 14.6 Å². The highest BCUT2D eigenvalue weighted by Gasteiger charge is 2.30. The van der Waals surface area contributed by atoms with Gasteiger partial charge in [0, 0.05) is 11.1 Å². The number of hydrogen-bond donors (Lipinski definition) is 0. The molecule has 0 saturated carbocycles. The van der Waals surface area contributed by atoms with E-state index in [0.29, 0.717) is 17.3 Å². The summed E-state index contributed by atoms with van der Waals surface area (Å²) in [5.74, 6) is 0.657. The second-order valence-corrected chi connectivity index (χ2v) is 10.4. The van der Waals surface area contributed by atoms with Crippen LogP contribution in [0.2, 0.25) is 0 Å². The molecule has 0 atom stereocenters. The normalized spacial score (nSPS) is 12.1. The largest absolute Gasteiger partial charge is 0.415 e. The summed E-state index contributed by atoms with van der Waals surface area (Å²) in [4.78, 5) is 9.04. The first-order valence-corrected chi connectivity index (χ1v) is 10.8. The van der Waals surface area contributed by atoms with Crippen molar-refractivity contribution in [1.29, 1.82) is 0 Å². The SMILES string of the molecule is CC(C)(C)S(=O)(=O)c1ccc(-c2cncc(-c3nnc(-c4ccccc4)o3)n2)cc1. The van der Waals surface area contributed by atoms with Gasteiger partial charge < -0.3 is 4.42 Å². The lowest BCUT2D eigenvalue weighted by atomic mass is 10.1. The summed E-state index contributed by atoms with van der Waals surface area (Å²) in [6, 6.07) is 16.1. The lowest BCUT2D eigenvalue weighted by Gasteiger charge is -2.19. The van der Waals surface area contributed by atoms with Crippen LogP contribution in [0, 0.1) is 0 Å². The van der Waals surface area contributed by atoms with E-state index >= 15 is 0 Å². The topological polar surface area (TPSA) is 98.8 Å². The predicted octanol–water partition coefficient (Wildman–Crippen LogP) is 4.43. The number of sulfone groups is 1. The molecular formula is C22H20N4O3S. The summed E-state index contributed by atoms with van der Waals surface area (Å²) in [5, 5.41) is 8.15. The van der Waals surface area contributed by atoms with Crippen LogP contribution in [0.4, 0.5) is 0 Å². The van der Waals surface area contributed by atoms with Crippen LogP contribution in [0.5, 0.6) is 0 Å². The van der Waals surface area contributed by atoms with Crippen molar-refractivity contribution in [3.05, 3.63) is 67.0 Å². The second-order valence-electron chi connectivity index (χ2n) is 7.71. The molecule has 4 rings (SSSR count). The summed E-state index contributed by atoms with van der Waals surface area (Å²) in [6.45, 7) is 5.04. The Balaban J connectivity index is 1.64. The molecule has 0 fully saturated rings. The fraction of sp³-hybridized carbons (Fsp3) is 0.182. The highest BCUT2D eigenvalue weighted by molar-refractivity contribution is 7.92. The average molecular weight is 420 g/mol. The minimum absolute atomic E-state index is 0.259. The molecule has 2 aromatic carbocycles. The third-order valence-electron chi connectivity index (χ3n) is 4.57. The average Bonchev–Trinajstić information content (AvgIpc) is 3.24. The van der Waals surface area contributed by atoms with Crippen molar-refractivity contribution in [2.45, 2.75) is 30.4 Å². The quantitative estimate of drug-likeness (QED) is 0.481. The van der Waals surface area contributed by atoms with Crippen molar-refractivity contribution in [3.63, 3.8) is 0 Å². The molecule has 4 aromatic rings. The smallest absolute Gasteiger partial charge is 0.268 e. The van der Waals surface area contributed by atoms with Crippen molar-refractivity contribution in [3.8, 4) is 34.3 Å². The van der Waals surface area contributed by atoms with E-state index in [1.807, 2.05) is 30.3 Å². The van der Waals surface area contributed by atoms with E-state index in [1.54, 1.807) is 57.4 Å². The summed E-state index contributed by atoms with van der Waals surface area (Å²) < 4.78 is 30.1. The number of hydrogen-bond acceptors (Lipinski definition) is 7. The summed E-state index contributed by atoms with van der Waals surface area (Å²) in [5.41, 5.74) is 2.57. The van der Waals surface area contributed by atoms with E-state index in [2.05, 4.69) is 20.2 Å². The Labute approximate surface area is 174 Å². The molecule has 0 saturated heterocycles. The maximum Gasteiger partial charge on any atom is 0.268 e.